The molecule has 0 atom stereocenters. The van der Waals surface area contributed by atoms with Gasteiger partial charge >= 0.3 is 0 Å². The fourth-order valence-electron chi connectivity index (χ4n) is 2.02. The maximum absolute atomic E-state index is 10.8. The second kappa shape index (κ2) is 7.15. The van der Waals surface area contributed by atoms with Crippen LogP contribution in [0.2, 0.25) is 0 Å². The minimum atomic E-state index is 0.496. The molecule has 0 unspecified atom stereocenters. The van der Waals surface area contributed by atoms with E-state index in [0.29, 0.717) is 13.0 Å². The third kappa shape index (κ3) is 3.77. The van der Waals surface area contributed by atoms with Crippen molar-refractivity contribution in [2.45, 2.75) is 13.5 Å². The van der Waals surface area contributed by atoms with E-state index in [-0.39, 0.29) is 0 Å². The summed E-state index contributed by atoms with van der Waals surface area (Å²) in [4.78, 5) is 10.8. The van der Waals surface area contributed by atoms with E-state index < -0.39 is 0 Å². The van der Waals surface area contributed by atoms with Gasteiger partial charge in [-0.15, -0.1) is 0 Å². The van der Waals surface area contributed by atoms with Gasteiger partial charge in [-0.05, 0) is 18.1 Å². The molecule has 108 valence electrons. The largest absolute Gasteiger partial charge is 0.326 e. The first kappa shape index (κ1) is 15.4. The highest BCUT2D eigenvalue weighted by molar-refractivity contribution is 9.07. The van der Waals surface area contributed by atoms with E-state index in [1.54, 1.807) is 0 Å². The molecule has 2 N–H and O–H groups in total. The molecule has 5 heteroatoms. The number of amides is 1. The Bertz CT molecular complexity index is 653. The molecule has 0 spiro atoms. The molecule has 0 aromatic heterocycles. The molecule has 0 bridgehead atoms. The lowest BCUT2D eigenvalue weighted by Gasteiger charge is -2.12. The van der Waals surface area contributed by atoms with Crippen molar-refractivity contribution in [3.05, 3.63) is 70.8 Å². The number of carbonyl (C=O) groups excluding carboxylic acids is 1. The van der Waals surface area contributed by atoms with Crippen molar-refractivity contribution in [3.63, 3.8) is 0 Å². The van der Waals surface area contributed by atoms with Crippen LogP contribution in [0.25, 0.3) is 0 Å². The Morgan fingerprint density at radius 2 is 1.90 bits per heavy atom. The fraction of sp³-hybridized carbons (Fsp3) is 0.125. The highest BCUT2D eigenvalue weighted by Crippen LogP contribution is 2.17. The molecule has 21 heavy (non-hydrogen) atoms. The molecule has 0 radical (unpaired) electrons. The van der Waals surface area contributed by atoms with E-state index in [9.17, 15) is 4.79 Å². The molecule has 0 aliphatic rings. The quantitative estimate of drug-likeness (QED) is 0.392. The first-order chi connectivity index (χ1) is 10.2. The van der Waals surface area contributed by atoms with Gasteiger partial charge in [0.25, 0.3) is 0 Å². The van der Waals surface area contributed by atoms with Gasteiger partial charge in [0, 0.05) is 17.7 Å². The van der Waals surface area contributed by atoms with E-state index >= 15 is 0 Å². The van der Waals surface area contributed by atoms with Crippen LogP contribution in [0.15, 0.2) is 53.6 Å². The summed E-state index contributed by atoms with van der Waals surface area (Å²) in [5.41, 5.74) is 10.4. The molecule has 2 aromatic carbocycles. The summed E-state index contributed by atoms with van der Waals surface area (Å²) in [5.74, 6) is 0. The van der Waals surface area contributed by atoms with Gasteiger partial charge in [0.15, 0.2) is 0 Å². The number of aryl methyl sites for hydroxylation is 1. The Morgan fingerprint density at radius 3 is 2.48 bits per heavy atom. The van der Waals surface area contributed by atoms with Gasteiger partial charge in [-0.2, -0.15) is 9.14 Å². The van der Waals surface area contributed by atoms with Crippen LogP contribution in [0.1, 0.15) is 22.3 Å². The maximum atomic E-state index is 10.8. The van der Waals surface area contributed by atoms with Crippen LogP contribution in [0, 0.1) is 6.92 Å². The van der Waals surface area contributed by atoms with E-state index in [1.165, 1.54) is 0 Å². The Hall–Kier alpha value is -1.98. The van der Waals surface area contributed by atoms with Crippen LogP contribution in [-0.2, 0) is 11.3 Å². The number of hydrogen-bond acceptors (Lipinski definition) is 3. The first-order valence-electron chi connectivity index (χ1n) is 6.50. The SMILES string of the molecule is Cc1ccccc1/C(=N\N(Br)C=O)c1ccc(CN)cc1. The van der Waals surface area contributed by atoms with Crippen LogP contribution in [0.4, 0.5) is 0 Å². The molecule has 0 saturated heterocycles. The van der Waals surface area contributed by atoms with Crippen LogP contribution in [0.5, 0.6) is 0 Å². The van der Waals surface area contributed by atoms with E-state index in [2.05, 4.69) is 21.2 Å². The minimum Gasteiger partial charge on any atom is -0.326 e. The van der Waals surface area contributed by atoms with Gasteiger partial charge in [-0.25, -0.2) is 0 Å². The van der Waals surface area contributed by atoms with Crippen molar-refractivity contribution in [1.29, 1.82) is 0 Å². The summed E-state index contributed by atoms with van der Waals surface area (Å²) < 4.78 is 1.09. The Kier molecular flexibility index (Phi) is 5.25. The second-order valence-corrected chi connectivity index (χ2v) is 5.29. The van der Waals surface area contributed by atoms with Crippen LogP contribution in [-0.4, -0.2) is 16.2 Å². The Balaban J connectivity index is 2.53. The molecular weight excluding hydrogens is 330 g/mol. The average molecular weight is 346 g/mol. The minimum absolute atomic E-state index is 0.496. The molecular formula is C16H16BrN3O. The zero-order valence-electron chi connectivity index (χ0n) is 11.7. The van der Waals surface area contributed by atoms with Gasteiger partial charge in [0.1, 0.15) is 0 Å². The average Bonchev–Trinajstić information content (AvgIpc) is 2.53. The Labute approximate surface area is 132 Å². The highest BCUT2D eigenvalue weighted by atomic mass is 79.9. The monoisotopic (exact) mass is 345 g/mol. The summed E-state index contributed by atoms with van der Waals surface area (Å²) in [5, 5.41) is 4.32. The number of hydrazone groups is 1. The number of rotatable bonds is 5. The van der Waals surface area contributed by atoms with E-state index in [4.69, 9.17) is 5.73 Å². The number of nitrogens with zero attached hydrogens (tertiary/aromatic N) is 2. The zero-order valence-corrected chi connectivity index (χ0v) is 13.2. The van der Waals surface area contributed by atoms with Crippen molar-refractivity contribution < 1.29 is 4.79 Å². The van der Waals surface area contributed by atoms with Crippen molar-refractivity contribution in [2.24, 2.45) is 10.8 Å². The van der Waals surface area contributed by atoms with Crippen molar-refractivity contribution in [1.82, 2.24) is 4.03 Å². The zero-order chi connectivity index (χ0) is 15.2. The van der Waals surface area contributed by atoms with Gasteiger partial charge < -0.3 is 5.73 Å². The topological polar surface area (TPSA) is 58.7 Å². The number of halogens is 1. The van der Waals surface area contributed by atoms with Crippen molar-refractivity contribution in [2.75, 3.05) is 0 Å². The number of hydrogen-bond donors (Lipinski definition) is 1. The second-order valence-electron chi connectivity index (χ2n) is 4.56. The molecule has 1 amide bonds. The fourth-order valence-corrected chi connectivity index (χ4v) is 2.18. The predicted molar refractivity (Wildman–Crippen MR) is 88.0 cm³/mol. The van der Waals surface area contributed by atoms with E-state index in [0.717, 1.165) is 32.0 Å². The van der Waals surface area contributed by atoms with E-state index in [1.807, 2.05) is 55.5 Å². The number of nitrogens with two attached hydrogens (primary N) is 1. The molecule has 4 nitrogen and oxygen atoms in total. The maximum Gasteiger partial charge on any atom is 0.240 e. The molecule has 0 saturated carbocycles. The molecule has 0 aliphatic heterocycles. The molecule has 2 aromatic rings. The molecule has 0 fully saturated rings. The molecule has 0 aliphatic carbocycles. The number of carbonyl (C=O) groups is 1. The lowest BCUT2D eigenvalue weighted by molar-refractivity contribution is -0.113. The van der Waals surface area contributed by atoms with Crippen molar-refractivity contribution >= 4 is 28.3 Å². The van der Waals surface area contributed by atoms with Gasteiger partial charge in [-0.3, -0.25) is 4.79 Å². The van der Waals surface area contributed by atoms with Gasteiger partial charge in [0.2, 0.25) is 6.41 Å². The molecule has 2 rings (SSSR count). The van der Waals surface area contributed by atoms with Crippen LogP contribution >= 0.6 is 16.1 Å². The summed E-state index contributed by atoms with van der Waals surface area (Å²) >= 11 is 3.08. The molecule has 0 heterocycles. The smallest absolute Gasteiger partial charge is 0.240 e. The summed E-state index contributed by atoms with van der Waals surface area (Å²) in [7, 11) is 0. The lowest BCUT2D eigenvalue weighted by Crippen LogP contribution is -2.11. The van der Waals surface area contributed by atoms with Crippen LogP contribution in [0.3, 0.4) is 0 Å². The summed E-state index contributed by atoms with van der Waals surface area (Å²) in [6.07, 6.45) is 0.604. The summed E-state index contributed by atoms with van der Waals surface area (Å²) in [6.45, 7) is 2.51. The lowest BCUT2D eigenvalue weighted by atomic mass is 9.97. The standard InChI is InChI=1S/C16H16BrN3O/c1-12-4-2-3-5-15(12)16(19-20(17)11-21)14-8-6-13(10-18)7-9-14/h2-9,11H,10,18H2,1H3/b19-16-. The highest BCUT2D eigenvalue weighted by Gasteiger charge is 2.11. The Morgan fingerprint density at radius 1 is 1.24 bits per heavy atom. The number of benzene rings is 2. The summed E-state index contributed by atoms with van der Waals surface area (Å²) in [6, 6.07) is 15.8. The van der Waals surface area contributed by atoms with Crippen molar-refractivity contribution in [3.8, 4) is 0 Å². The van der Waals surface area contributed by atoms with Gasteiger partial charge in [-0.1, -0.05) is 48.5 Å². The normalized spacial score (nSPS) is 11.3. The van der Waals surface area contributed by atoms with Gasteiger partial charge in [0.05, 0.1) is 21.9 Å². The van der Waals surface area contributed by atoms with Crippen LogP contribution < -0.4 is 5.73 Å². The first-order valence-corrected chi connectivity index (χ1v) is 7.21. The third-order valence-electron chi connectivity index (χ3n) is 3.15. The third-order valence-corrected chi connectivity index (χ3v) is 3.47. The predicted octanol–water partition coefficient (Wildman–Crippen LogP) is 2.97.